The number of benzene rings is 1. The largest absolute Gasteiger partial charge is 0.352 e. The fourth-order valence-corrected chi connectivity index (χ4v) is 5.12. The first-order valence-corrected chi connectivity index (χ1v) is 10.7. The van der Waals surface area contributed by atoms with Gasteiger partial charge in [0.1, 0.15) is 12.1 Å². The number of piperazine rings is 1. The van der Waals surface area contributed by atoms with E-state index in [1.807, 2.05) is 17.0 Å². The highest BCUT2D eigenvalue weighted by Gasteiger charge is 2.34. The lowest BCUT2D eigenvalue weighted by molar-refractivity contribution is -0.133. The van der Waals surface area contributed by atoms with Gasteiger partial charge in [-0.05, 0) is 29.3 Å². The fourth-order valence-electron chi connectivity index (χ4n) is 4.26. The van der Waals surface area contributed by atoms with Crippen molar-refractivity contribution < 1.29 is 4.79 Å². The highest BCUT2D eigenvalue weighted by Crippen LogP contribution is 2.29. The number of thiophene rings is 1. The summed E-state index contributed by atoms with van der Waals surface area (Å²) in [7, 11) is 0. The van der Waals surface area contributed by atoms with Crippen LogP contribution >= 0.6 is 36.2 Å². The number of rotatable bonds is 3. The van der Waals surface area contributed by atoms with E-state index in [4.69, 9.17) is 0 Å². The summed E-state index contributed by atoms with van der Waals surface area (Å²) in [5.74, 6) is 1.65. The van der Waals surface area contributed by atoms with Crippen molar-refractivity contribution in [3.05, 3.63) is 53.7 Å². The van der Waals surface area contributed by atoms with Crippen molar-refractivity contribution in [3.63, 3.8) is 0 Å². The third-order valence-electron chi connectivity index (χ3n) is 5.82. The smallest absolute Gasteiger partial charge is 0.239 e. The Morgan fingerprint density at radius 1 is 1.03 bits per heavy atom. The molecule has 5 rings (SSSR count). The lowest BCUT2D eigenvalue weighted by atomic mass is 9.96. The Hall–Kier alpha value is -1.93. The zero-order valence-corrected chi connectivity index (χ0v) is 18.9. The van der Waals surface area contributed by atoms with Crippen LogP contribution in [-0.4, -0.2) is 59.5 Å². The van der Waals surface area contributed by atoms with Crippen molar-refractivity contribution in [1.82, 2.24) is 20.2 Å². The van der Waals surface area contributed by atoms with Gasteiger partial charge in [-0.1, -0.05) is 30.3 Å². The Balaban J connectivity index is 0.00000128. The Morgan fingerprint density at radius 3 is 2.57 bits per heavy atom. The summed E-state index contributed by atoms with van der Waals surface area (Å²) in [5, 5.41) is 5.50. The molecule has 0 radical (unpaired) electrons. The van der Waals surface area contributed by atoms with E-state index in [1.165, 1.54) is 5.56 Å². The quantitative estimate of drug-likeness (QED) is 0.642. The van der Waals surface area contributed by atoms with E-state index < -0.39 is 0 Å². The molecule has 2 aliphatic heterocycles. The Labute approximate surface area is 192 Å². The third-order valence-corrected chi connectivity index (χ3v) is 6.71. The summed E-state index contributed by atoms with van der Waals surface area (Å²) in [5.41, 5.74) is 2.31. The molecule has 0 bridgehead atoms. The molecule has 2 saturated heterocycles. The van der Waals surface area contributed by atoms with Crippen LogP contribution in [0.2, 0.25) is 0 Å². The minimum Gasteiger partial charge on any atom is -0.352 e. The standard InChI is InChI=1S/C21H23N5OS.2ClH/c27-21(18-12-16(13-22-18)15-4-2-1-3-5-15)26-9-7-25(8-10-26)20-19-17(6-11-28-19)23-14-24-20;;/h1-6,11,14,16,18,22H,7-10,12-13H2;2*1H/t16-,18-;;/m1../s1. The van der Waals surface area contributed by atoms with Crippen LogP contribution in [-0.2, 0) is 4.79 Å². The third kappa shape index (κ3) is 4.39. The van der Waals surface area contributed by atoms with Crippen molar-refractivity contribution in [2.24, 2.45) is 0 Å². The van der Waals surface area contributed by atoms with Crippen LogP contribution in [0, 0.1) is 0 Å². The van der Waals surface area contributed by atoms with Crippen LogP contribution in [0.25, 0.3) is 10.2 Å². The highest BCUT2D eigenvalue weighted by atomic mass is 35.5. The molecule has 2 aliphatic rings. The van der Waals surface area contributed by atoms with Gasteiger partial charge >= 0.3 is 0 Å². The van der Waals surface area contributed by atoms with Crippen LogP contribution in [0.4, 0.5) is 5.82 Å². The van der Waals surface area contributed by atoms with Gasteiger partial charge in [0.25, 0.3) is 0 Å². The Bertz CT molecular complexity index is 978. The molecule has 3 aromatic rings. The molecular formula is C21H25Cl2N5OS. The molecular weight excluding hydrogens is 441 g/mol. The van der Waals surface area contributed by atoms with Gasteiger partial charge < -0.3 is 15.1 Å². The fraction of sp³-hybridized carbons (Fsp3) is 0.381. The van der Waals surface area contributed by atoms with Gasteiger partial charge in [0.2, 0.25) is 5.91 Å². The van der Waals surface area contributed by atoms with Crippen LogP contribution < -0.4 is 10.2 Å². The summed E-state index contributed by atoms with van der Waals surface area (Å²) in [6, 6.07) is 12.5. The molecule has 0 unspecified atom stereocenters. The van der Waals surface area contributed by atoms with Crippen molar-refractivity contribution in [1.29, 1.82) is 0 Å². The van der Waals surface area contributed by atoms with Gasteiger partial charge in [0.15, 0.2) is 0 Å². The summed E-state index contributed by atoms with van der Waals surface area (Å²) in [6.07, 6.45) is 2.51. The second-order valence-corrected chi connectivity index (χ2v) is 8.36. The number of nitrogens with one attached hydrogen (secondary N) is 1. The first kappa shape index (κ1) is 22.7. The molecule has 0 spiro atoms. The molecule has 6 nitrogen and oxygen atoms in total. The maximum absolute atomic E-state index is 13.0. The molecule has 1 N–H and O–H groups in total. The van der Waals surface area contributed by atoms with Gasteiger partial charge in [-0.25, -0.2) is 9.97 Å². The topological polar surface area (TPSA) is 61.4 Å². The zero-order valence-electron chi connectivity index (χ0n) is 16.4. The molecule has 9 heteroatoms. The van der Waals surface area contributed by atoms with Crippen molar-refractivity contribution in [2.75, 3.05) is 37.6 Å². The van der Waals surface area contributed by atoms with Crippen LogP contribution in [0.3, 0.4) is 0 Å². The second-order valence-electron chi connectivity index (χ2n) is 7.45. The molecule has 4 heterocycles. The Kier molecular flexibility index (Phi) is 7.52. The van der Waals surface area contributed by atoms with Crippen molar-refractivity contribution in [3.8, 4) is 0 Å². The van der Waals surface area contributed by atoms with Gasteiger partial charge in [-0.15, -0.1) is 36.2 Å². The molecule has 1 aromatic carbocycles. The van der Waals surface area contributed by atoms with E-state index in [0.717, 1.165) is 55.2 Å². The minimum absolute atomic E-state index is 0. The molecule has 1 amide bonds. The maximum atomic E-state index is 13.0. The van der Waals surface area contributed by atoms with Crippen LogP contribution in [0.5, 0.6) is 0 Å². The van der Waals surface area contributed by atoms with E-state index in [1.54, 1.807) is 17.7 Å². The zero-order chi connectivity index (χ0) is 18.9. The number of nitrogens with zero attached hydrogens (tertiary/aromatic N) is 4. The number of fused-ring (bicyclic) bond motifs is 1. The van der Waals surface area contributed by atoms with Crippen LogP contribution in [0.1, 0.15) is 17.9 Å². The monoisotopic (exact) mass is 465 g/mol. The van der Waals surface area contributed by atoms with E-state index in [9.17, 15) is 4.79 Å². The maximum Gasteiger partial charge on any atom is 0.239 e. The molecule has 2 aromatic heterocycles. The van der Waals surface area contributed by atoms with E-state index in [-0.39, 0.29) is 36.8 Å². The first-order valence-electron chi connectivity index (χ1n) is 9.80. The second kappa shape index (κ2) is 9.92. The first-order chi connectivity index (χ1) is 13.8. The van der Waals surface area contributed by atoms with Crippen LogP contribution in [0.15, 0.2) is 48.1 Å². The predicted octanol–water partition coefficient (Wildman–Crippen LogP) is 3.33. The normalized spacial score (nSPS) is 21.2. The molecule has 2 atom stereocenters. The molecule has 0 saturated carbocycles. The number of hydrogen-bond acceptors (Lipinski definition) is 6. The highest BCUT2D eigenvalue weighted by molar-refractivity contribution is 7.17. The van der Waals surface area contributed by atoms with E-state index >= 15 is 0 Å². The number of hydrogen-bond donors (Lipinski definition) is 1. The van der Waals surface area contributed by atoms with Crippen molar-refractivity contribution >= 4 is 58.1 Å². The van der Waals surface area contributed by atoms with E-state index in [0.29, 0.717) is 5.92 Å². The number of aromatic nitrogens is 2. The lowest BCUT2D eigenvalue weighted by Crippen LogP contribution is -2.53. The number of anilines is 1. The number of amides is 1. The summed E-state index contributed by atoms with van der Waals surface area (Å²) >= 11 is 1.68. The van der Waals surface area contributed by atoms with Gasteiger partial charge in [0.05, 0.1) is 16.3 Å². The predicted molar refractivity (Wildman–Crippen MR) is 126 cm³/mol. The summed E-state index contributed by atoms with van der Waals surface area (Å²) in [4.78, 5) is 26.1. The number of halogens is 2. The summed E-state index contributed by atoms with van der Waals surface area (Å²) in [6.45, 7) is 3.97. The van der Waals surface area contributed by atoms with Gasteiger partial charge in [-0.3, -0.25) is 4.79 Å². The molecule has 2 fully saturated rings. The Morgan fingerprint density at radius 2 is 1.80 bits per heavy atom. The molecule has 160 valence electrons. The number of carbonyl (C=O) groups excluding carboxylic acids is 1. The molecule has 0 aliphatic carbocycles. The molecule has 30 heavy (non-hydrogen) atoms. The average molecular weight is 466 g/mol. The van der Waals surface area contributed by atoms with Gasteiger partial charge in [-0.2, -0.15) is 0 Å². The SMILES string of the molecule is Cl.Cl.O=C([C@H]1C[C@@H](c2ccccc2)CN1)N1CCN(c2ncnc3ccsc23)CC1. The average Bonchev–Trinajstić information content (AvgIpc) is 3.43. The van der Waals surface area contributed by atoms with E-state index in [2.05, 4.69) is 49.8 Å². The summed E-state index contributed by atoms with van der Waals surface area (Å²) < 4.78 is 1.13. The number of carbonyl (C=O) groups is 1. The van der Waals surface area contributed by atoms with Gasteiger partial charge in [0, 0.05) is 32.7 Å². The lowest BCUT2D eigenvalue weighted by Gasteiger charge is -2.36. The minimum atomic E-state index is -0.0696. The van der Waals surface area contributed by atoms with Crippen molar-refractivity contribution in [2.45, 2.75) is 18.4 Å².